The molecule has 0 radical (unpaired) electrons. The summed E-state index contributed by atoms with van der Waals surface area (Å²) in [5.74, 6) is 0. The highest BCUT2D eigenvalue weighted by Crippen LogP contribution is 2.54. The fourth-order valence-electron chi connectivity index (χ4n) is 6.04. The molecule has 3 heteroatoms. The van der Waals surface area contributed by atoms with E-state index < -0.39 is 0 Å². The van der Waals surface area contributed by atoms with E-state index in [0.29, 0.717) is 0 Å². The van der Waals surface area contributed by atoms with Crippen LogP contribution < -0.4 is 0 Å². The zero-order valence-electron chi connectivity index (χ0n) is 32.9. The summed E-state index contributed by atoms with van der Waals surface area (Å²) in [5.41, 5.74) is 11.7. The first-order valence-electron chi connectivity index (χ1n) is 18.0. The van der Waals surface area contributed by atoms with Gasteiger partial charge in [0.05, 0.1) is 4.24 Å². The molecule has 4 aromatic carbocycles. The van der Waals surface area contributed by atoms with Gasteiger partial charge in [0.15, 0.2) is 0 Å². The van der Waals surface area contributed by atoms with Crippen molar-refractivity contribution in [3.05, 3.63) is 152 Å². The molecule has 0 nitrogen and oxygen atoms in total. The summed E-state index contributed by atoms with van der Waals surface area (Å²) in [6.07, 6.45) is 4.28. The number of rotatable bonds is 6. The Balaban J connectivity index is 1.64. The summed E-state index contributed by atoms with van der Waals surface area (Å²) in [6, 6.07) is 32.4. The van der Waals surface area contributed by atoms with Crippen molar-refractivity contribution in [1.82, 2.24) is 0 Å². The molecule has 266 valence electrons. The molecule has 0 N–H and O–H groups in total. The van der Waals surface area contributed by atoms with E-state index in [1.807, 2.05) is 29.6 Å². The van der Waals surface area contributed by atoms with E-state index in [0.717, 1.165) is 9.81 Å². The molecule has 0 unspecified atom stereocenters. The van der Waals surface area contributed by atoms with Gasteiger partial charge in [-0.25, -0.2) is 0 Å². The van der Waals surface area contributed by atoms with Gasteiger partial charge in [0.1, 0.15) is 0 Å². The van der Waals surface area contributed by atoms with E-state index in [1.54, 1.807) is 11.8 Å². The molecule has 0 atom stereocenters. The summed E-state index contributed by atoms with van der Waals surface area (Å²) >= 11 is 5.42. The third kappa shape index (κ3) is 9.28. The Hall–Kier alpha value is -3.11. The molecule has 0 bridgehead atoms. The molecule has 0 saturated carbocycles. The van der Waals surface area contributed by atoms with Crippen molar-refractivity contribution < 1.29 is 0 Å². The maximum atomic E-state index is 4.52. The second kappa shape index (κ2) is 14.7. The van der Waals surface area contributed by atoms with Gasteiger partial charge in [-0.05, 0) is 89.9 Å². The Morgan fingerprint density at radius 3 is 1.41 bits per heavy atom. The summed E-state index contributed by atoms with van der Waals surface area (Å²) < 4.78 is 1.22. The van der Waals surface area contributed by atoms with Crippen LogP contribution in [0.5, 0.6) is 0 Å². The minimum Gasteiger partial charge on any atom is -0.0979 e. The van der Waals surface area contributed by atoms with E-state index in [2.05, 4.69) is 187 Å². The Labute approximate surface area is 322 Å². The van der Waals surface area contributed by atoms with Gasteiger partial charge in [-0.1, -0.05) is 210 Å². The minimum absolute atomic E-state index is 0.00954. The van der Waals surface area contributed by atoms with Gasteiger partial charge in [0, 0.05) is 19.6 Å². The average Bonchev–Trinajstić information content (AvgIpc) is 3.20. The van der Waals surface area contributed by atoms with E-state index in [9.17, 15) is 0 Å². The van der Waals surface area contributed by atoms with Gasteiger partial charge >= 0.3 is 0 Å². The lowest BCUT2D eigenvalue weighted by Gasteiger charge is -2.24. The number of hydrogen-bond acceptors (Lipinski definition) is 3. The first kappa shape index (κ1) is 39.1. The Bertz CT molecular complexity index is 1990. The SMILES string of the molecule is C=CC1=C(Sc2cc(C(C)(C)C)ccc2-c2ccc(C(C)(C)C)cc2)SC(c2cc(C(C)(C)C)ccc2-c2ccc(C(C)(C)C)cc2)=CC(=C)S1. The lowest BCUT2D eigenvalue weighted by atomic mass is 9.83. The Kier molecular flexibility index (Phi) is 11.3. The van der Waals surface area contributed by atoms with Crippen LogP contribution in [0.15, 0.2) is 129 Å². The van der Waals surface area contributed by atoms with Crippen molar-refractivity contribution in [1.29, 1.82) is 0 Å². The molecular weight excluding hydrogens is 673 g/mol. The van der Waals surface area contributed by atoms with Crippen molar-refractivity contribution in [3.63, 3.8) is 0 Å². The van der Waals surface area contributed by atoms with Crippen molar-refractivity contribution in [2.75, 3.05) is 0 Å². The fraction of sp³-hybridized carbons (Fsp3) is 0.333. The summed E-state index contributed by atoms with van der Waals surface area (Å²) in [6.45, 7) is 36.2. The molecule has 5 rings (SSSR count). The number of thioether (sulfide) groups is 3. The van der Waals surface area contributed by atoms with Crippen LogP contribution in [0.2, 0.25) is 0 Å². The highest BCUT2D eigenvalue weighted by atomic mass is 32.2. The van der Waals surface area contributed by atoms with E-state index in [-0.39, 0.29) is 21.7 Å². The Morgan fingerprint density at radius 1 is 0.510 bits per heavy atom. The molecule has 0 aromatic heterocycles. The van der Waals surface area contributed by atoms with Gasteiger partial charge in [0.25, 0.3) is 0 Å². The highest BCUT2D eigenvalue weighted by Gasteiger charge is 2.25. The smallest absolute Gasteiger partial charge is 0.0638 e. The molecule has 0 amide bonds. The molecule has 0 aliphatic carbocycles. The number of hydrogen-bond donors (Lipinski definition) is 0. The molecule has 0 fully saturated rings. The summed E-state index contributed by atoms with van der Waals surface area (Å²) in [7, 11) is 0. The van der Waals surface area contributed by atoms with Crippen LogP contribution in [0.3, 0.4) is 0 Å². The van der Waals surface area contributed by atoms with Gasteiger partial charge in [-0.3, -0.25) is 0 Å². The zero-order valence-corrected chi connectivity index (χ0v) is 35.3. The van der Waals surface area contributed by atoms with Crippen LogP contribution in [0.4, 0.5) is 0 Å². The molecular formula is C48H56S3. The molecule has 1 aliphatic heterocycles. The lowest BCUT2D eigenvalue weighted by Crippen LogP contribution is -2.12. The normalized spacial score (nSPS) is 14.7. The summed E-state index contributed by atoms with van der Waals surface area (Å²) in [5, 5.41) is 0. The minimum atomic E-state index is 0.00954. The predicted molar refractivity (Wildman–Crippen MR) is 234 cm³/mol. The Morgan fingerprint density at radius 2 is 0.941 bits per heavy atom. The monoisotopic (exact) mass is 728 g/mol. The van der Waals surface area contributed by atoms with Crippen LogP contribution >= 0.6 is 35.3 Å². The second-order valence-electron chi connectivity index (χ2n) is 17.8. The molecule has 51 heavy (non-hydrogen) atoms. The number of allylic oxidation sites excluding steroid dienone is 2. The average molecular weight is 729 g/mol. The maximum Gasteiger partial charge on any atom is 0.0638 e. The largest absolute Gasteiger partial charge is 0.0979 e. The summed E-state index contributed by atoms with van der Waals surface area (Å²) in [4.78, 5) is 4.61. The predicted octanol–water partition coefficient (Wildman–Crippen LogP) is 15.7. The van der Waals surface area contributed by atoms with Gasteiger partial charge in [0.2, 0.25) is 0 Å². The van der Waals surface area contributed by atoms with Crippen LogP contribution in [0.1, 0.15) is 111 Å². The first-order chi connectivity index (χ1) is 23.6. The number of benzene rings is 4. The fourth-order valence-corrected chi connectivity index (χ4v) is 9.68. The maximum absolute atomic E-state index is 4.52. The van der Waals surface area contributed by atoms with E-state index in [4.69, 9.17) is 0 Å². The van der Waals surface area contributed by atoms with E-state index in [1.165, 1.54) is 64.1 Å². The first-order valence-corrected chi connectivity index (χ1v) is 20.4. The molecule has 1 aliphatic rings. The molecule has 0 saturated heterocycles. The topological polar surface area (TPSA) is 0 Å². The second-order valence-corrected chi connectivity index (χ2v) is 21.3. The van der Waals surface area contributed by atoms with Gasteiger partial charge in [-0.2, -0.15) is 0 Å². The van der Waals surface area contributed by atoms with Crippen LogP contribution in [-0.4, -0.2) is 0 Å². The highest BCUT2D eigenvalue weighted by molar-refractivity contribution is 8.27. The van der Waals surface area contributed by atoms with Gasteiger partial charge < -0.3 is 0 Å². The standard InChI is InChI=1S/C48H56S3/c1-15-41-44(51-43-30-37(48(12,13)14)25-27-39(43)33-18-22-35(23-19-33)46(6,7)8)50-42(28-31(2)49-41)40-29-36(47(9,10)11)24-26-38(40)32-16-20-34(21-17-32)45(3,4)5/h15-30H,1-2H2,3-14H3. The van der Waals surface area contributed by atoms with Gasteiger partial charge in [-0.15, -0.1) is 0 Å². The van der Waals surface area contributed by atoms with Crippen molar-refractivity contribution in [2.45, 2.75) is 110 Å². The molecule has 4 aromatic rings. The third-order valence-electron chi connectivity index (χ3n) is 9.45. The van der Waals surface area contributed by atoms with Crippen LogP contribution in [0.25, 0.3) is 27.2 Å². The molecule has 1 heterocycles. The molecule has 0 spiro atoms. The van der Waals surface area contributed by atoms with Crippen molar-refractivity contribution >= 4 is 40.2 Å². The van der Waals surface area contributed by atoms with Crippen LogP contribution in [-0.2, 0) is 21.7 Å². The quantitative estimate of drug-likeness (QED) is 0.194. The van der Waals surface area contributed by atoms with Crippen molar-refractivity contribution in [3.8, 4) is 22.3 Å². The lowest BCUT2D eigenvalue weighted by molar-refractivity contribution is 0.588. The van der Waals surface area contributed by atoms with Crippen molar-refractivity contribution in [2.24, 2.45) is 0 Å². The third-order valence-corrected chi connectivity index (χ3v) is 13.1. The zero-order chi connectivity index (χ0) is 37.5. The van der Waals surface area contributed by atoms with E-state index >= 15 is 0 Å². The van der Waals surface area contributed by atoms with Crippen LogP contribution in [0, 0.1) is 0 Å².